The molecule has 0 fully saturated rings. The molecule has 2 amide bonds. The van der Waals surface area contributed by atoms with Crippen LogP contribution in [0.3, 0.4) is 0 Å². The summed E-state index contributed by atoms with van der Waals surface area (Å²) in [7, 11) is 0. The van der Waals surface area contributed by atoms with Gasteiger partial charge in [-0.1, -0.05) is 42.5 Å². The highest BCUT2D eigenvalue weighted by molar-refractivity contribution is 6.22. The molecule has 0 saturated heterocycles. The number of nitrogens with zero attached hydrogens (tertiary/aromatic N) is 1. The van der Waals surface area contributed by atoms with E-state index in [1.54, 1.807) is 18.2 Å². The van der Waals surface area contributed by atoms with Gasteiger partial charge < -0.3 is 21.5 Å². The predicted octanol–water partition coefficient (Wildman–Crippen LogP) is 3.82. The summed E-state index contributed by atoms with van der Waals surface area (Å²) in [5.74, 6) is -4.12. The molecule has 38 heavy (non-hydrogen) atoms. The van der Waals surface area contributed by atoms with Crippen molar-refractivity contribution in [3.63, 3.8) is 0 Å². The Kier molecular flexibility index (Phi) is 8.40. The quantitative estimate of drug-likeness (QED) is 0.239. The molecule has 0 aromatic heterocycles. The third-order valence-corrected chi connectivity index (χ3v) is 6.26. The predicted molar refractivity (Wildman–Crippen MR) is 145 cm³/mol. The zero-order valence-corrected chi connectivity index (χ0v) is 20.6. The first-order valence-corrected chi connectivity index (χ1v) is 12.3. The van der Waals surface area contributed by atoms with Gasteiger partial charge in [-0.2, -0.15) is 0 Å². The van der Waals surface area contributed by atoms with Gasteiger partial charge in [0.2, 0.25) is 5.91 Å². The summed E-state index contributed by atoms with van der Waals surface area (Å²) in [6, 6.07) is 20.6. The Morgan fingerprint density at radius 2 is 1.66 bits per heavy atom. The van der Waals surface area contributed by atoms with Crippen LogP contribution in [0.5, 0.6) is 0 Å². The molecule has 0 bridgehead atoms. The molecule has 0 saturated carbocycles. The van der Waals surface area contributed by atoms with E-state index in [4.69, 9.17) is 5.73 Å². The Morgan fingerprint density at radius 1 is 0.947 bits per heavy atom. The number of anilines is 1. The fraction of sp³-hybridized carbons (Fsp3) is 0.207. The largest absolute Gasteiger partial charge is 0.480 e. The molecule has 3 aromatic rings. The van der Waals surface area contributed by atoms with Crippen LogP contribution in [0, 0.1) is 5.92 Å². The summed E-state index contributed by atoms with van der Waals surface area (Å²) in [4.78, 5) is 54.1. The highest BCUT2D eigenvalue weighted by Gasteiger charge is 2.31. The Bertz CT molecular complexity index is 1370. The normalized spacial score (nSPS) is 14.9. The average Bonchev–Trinajstić information content (AvgIpc) is 2.93. The summed E-state index contributed by atoms with van der Waals surface area (Å²) in [5, 5.41) is 14.8. The van der Waals surface area contributed by atoms with Crippen LogP contribution in [0.15, 0.2) is 77.8 Å². The molecule has 1 heterocycles. The second-order valence-corrected chi connectivity index (χ2v) is 8.93. The van der Waals surface area contributed by atoms with E-state index in [9.17, 15) is 24.3 Å². The number of carboxylic acid groups (broad SMARTS) is 1. The van der Waals surface area contributed by atoms with Crippen molar-refractivity contribution < 1.29 is 24.3 Å². The van der Waals surface area contributed by atoms with Crippen LogP contribution >= 0.6 is 0 Å². The van der Waals surface area contributed by atoms with E-state index >= 15 is 0 Å². The third-order valence-electron chi connectivity index (χ3n) is 6.26. The van der Waals surface area contributed by atoms with Crippen molar-refractivity contribution in [1.29, 1.82) is 0 Å². The van der Waals surface area contributed by atoms with Gasteiger partial charge in [-0.05, 0) is 67.3 Å². The molecule has 0 aliphatic carbocycles. The molecule has 4 rings (SSSR count). The van der Waals surface area contributed by atoms with E-state index in [1.807, 2.05) is 42.5 Å². The van der Waals surface area contributed by atoms with Gasteiger partial charge in [0.1, 0.15) is 6.04 Å². The summed E-state index contributed by atoms with van der Waals surface area (Å²) >= 11 is 0. The molecule has 0 radical (unpaired) electrons. The van der Waals surface area contributed by atoms with Gasteiger partial charge in [0.15, 0.2) is 11.7 Å². The summed E-state index contributed by atoms with van der Waals surface area (Å²) in [6.45, 7) is 0.460. The van der Waals surface area contributed by atoms with Gasteiger partial charge >= 0.3 is 5.97 Å². The number of carboxylic acids is 1. The van der Waals surface area contributed by atoms with Gasteiger partial charge in [-0.15, -0.1) is 0 Å². The topological polar surface area (TPSA) is 151 Å². The number of hydrogen-bond acceptors (Lipinski definition) is 6. The first kappa shape index (κ1) is 26.4. The number of Topliss-reactive ketones (excluding diaryl/α,β-unsaturated/α-hetero) is 1. The lowest BCUT2D eigenvalue weighted by molar-refractivity contribution is -0.137. The molecule has 9 heteroatoms. The molecule has 194 valence electrons. The number of carbonyl (C=O) groups excluding carboxylic acids is 3. The van der Waals surface area contributed by atoms with Crippen molar-refractivity contribution in [1.82, 2.24) is 5.32 Å². The van der Waals surface area contributed by atoms with E-state index in [-0.39, 0.29) is 5.56 Å². The van der Waals surface area contributed by atoms with Crippen LogP contribution in [0.25, 0.3) is 11.1 Å². The molecular formula is C29H28N4O5. The molecule has 5 N–H and O–H groups in total. The number of unbranched alkanes of at least 4 members (excludes halogenated alkanes) is 1. The number of rotatable bonds is 10. The zero-order chi connectivity index (χ0) is 27.1. The third kappa shape index (κ3) is 6.19. The number of nitrogens with one attached hydrogen (secondary N) is 2. The molecule has 1 aliphatic rings. The molecule has 3 aromatic carbocycles. The summed E-state index contributed by atoms with van der Waals surface area (Å²) in [6.07, 6.45) is 2.78. The SMILES string of the molecule is NCCCC[C@H](NC(=O)c1ccc(-c2ccccc2)cc1)C(=O)Nc1ccc2c(c1)C(=O)C(C(=O)O)C=N2. The second kappa shape index (κ2) is 12.1. The molecule has 1 aliphatic heterocycles. The van der Waals surface area contributed by atoms with Crippen LogP contribution in [0.4, 0.5) is 11.4 Å². The van der Waals surface area contributed by atoms with Crippen LogP contribution in [0.1, 0.15) is 40.0 Å². The maximum absolute atomic E-state index is 13.2. The smallest absolute Gasteiger partial charge is 0.319 e. The van der Waals surface area contributed by atoms with E-state index in [2.05, 4.69) is 15.6 Å². The summed E-state index contributed by atoms with van der Waals surface area (Å²) in [5.41, 5.74) is 8.76. The second-order valence-electron chi connectivity index (χ2n) is 8.93. The lowest BCUT2D eigenvalue weighted by Gasteiger charge is -2.20. The Labute approximate surface area is 219 Å². The molecular weight excluding hydrogens is 484 g/mol. The first-order valence-electron chi connectivity index (χ1n) is 12.3. The minimum Gasteiger partial charge on any atom is -0.480 e. The number of carbonyl (C=O) groups is 4. The van der Waals surface area contributed by atoms with Crippen molar-refractivity contribution in [3.8, 4) is 11.1 Å². The maximum atomic E-state index is 13.2. The zero-order valence-electron chi connectivity index (χ0n) is 20.6. The van der Waals surface area contributed by atoms with Crippen molar-refractivity contribution in [2.75, 3.05) is 11.9 Å². The minimum absolute atomic E-state index is 0.111. The van der Waals surface area contributed by atoms with Gasteiger partial charge in [-0.25, -0.2) is 0 Å². The van der Waals surface area contributed by atoms with Crippen LogP contribution < -0.4 is 16.4 Å². The van der Waals surface area contributed by atoms with Crippen molar-refractivity contribution in [2.45, 2.75) is 25.3 Å². The number of aliphatic imine (C=N–C) groups is 1. The highest BCUT2D eigenvalue weighted by atomic mass is 16.4. The number of ketones is 1. The van der Waals surface area contributed by atoms with Gasteiger partial charge in [0.25, 0.3) is 5.91 Å². The molecule has 2 atom stereocenters. The summed E-state index contributed by atoms with van der Waals surface area (Å²) < 4.78 is 0. The average molecular weight is 513 g/mol. The van der Waals surface area contributed by atoms with Crippen LogP contribution in [-0.4, -0.2) is 47.5 Å². The lowest BCUT2D eigenvalue weighted by atomic mass is 9.94. The van der Waals surface area contributed by atoms with Gasteiger partial charge in [0, 0.05) is 23.0 Å². The minimum atomic E-state index is -1.37. The van der Waals surface area contributed by atoms with Crippen molar-refractivity contribution in [3.05, 3.63) is 83.9 Å². The number of fused-ring (bicyclic) bond motifs is 1. The van der Waals surface area contributed by atoms with Gasteiger partial charge in [-0.3, -0.25) is 24.2 Å². The van der Waals surface area contributed by atoms with Crippen LogP contribution in [0.2, 0.25) is 0 Å². The monoisotopic (exact) mass is 512 g/mol. The Morgan fingerprint density at radius 3 is 2.34 bits per heavy atom. The molecule has 0 spiro atoms. The van der Waals surface area contributed by atoms with Gasteiger partial charge in [0.05, 0.1) is 5.69 Å². The highest BCUT2D eigenvalue weighted by Crippen LogP contribution is 2.29. The number of amides is 2. The molecule has 9 nitrogen and oxygen atoms in total. The Hall–Kier alpha value is -4.63. The van der Waals surface area contributed by atoms with E-state index < -0.39 is 35.5 Å². The standard InChI is InChI=1S/C29H28N4O5/c30-15-5-4-8-25(33-27(35)20-11-9-19(10-12-20)18-6-2-1-3-7-18)28(36)32-21-13-14-24-22(16-21)26(34)23(17-31-24)29(37)38/h1-3,6-7,9-14,16-17,23,25H,4-5,8,15,30H2,(H,32,36)(H,33,35)(H,37,38)/t23?,25-/m0/s1. The van der Waals surface area contributed by atoms with Crippen molar-refractivity contribution >= 4 is 41.2 Å². The number of hydrogen-bond donors (Lipinski definition) is 4. The fourth-order valence-electron chi connectivity index (χ4n) is 4.17. The van der Waals surface area contributed by atoms with Crippen LogP contribution in [-0.2, 0) is 9.59 Å². The number of aliphatic carboxylic acids is 1. The number of benzene rings is 3. The first-order chi connectivity index (χ1) is 18.4. The van der Waals surface area contributed by atoms with Crippen molar-refractivity contribution in [2.24, 2.45) is 16.6 Å². The Balaban J connectivity index is 1.47. The fourth-order valence-corrected chi connectivity index (χ4v) is 4.17. The van der Waals surface area contributed by atoms with E-state index in [1.165, 1.54) is 12.1 Å². The van der Waals surface area contributed by atoms with E-state index in [0.29, 0.717) is 42.7 Å². The van der Waals surface area contributed by atoms with E-state index in [0.717, 1.165) is 17.3 Å². The molecule has 1 unspecified atom stereocenters. The lowest BCUT2D eigenvalue weighted by Crippen LogP contribution is -2.43. The maximum Gasteiger partial charge on any atom is 0.319 e. The number of nitrogens with two attached hydrogens (primary N) is 1.